The molecule has 42 heavy (non-hydrogen) atoms. The summed E-state index contributed by atoms with van der Waals surface area (Å²) in [4.78, 5) is 55.8. The van der Waals surface area contributed by atoms with Gasteiger partial charge in [0.15, 0.2) is 11.5 Å². The van der Waals surface area contributed by atoms with Gasteiger partial charge in [-0.1, -0.05) is 63.3 Å². The molecule has 3 amide bonds. The van der Waals surface area contributed by atoms with E-state index in [2.05, 4.69) is 21.2 Å². The second-order valence-electron chi connectivity index (χ2n) is 9.68. The second-order valence-corrected chi connectivity index (χ2v) is 12.7. The number of hydrogen-bond donors (Lipinski definition) is 1. The van der Waals surface area contributed by atoms with Gasteiger partial charge >= 0.3 is 4.87 Å². The first kappa shape index (κ1) is 28.3. The molecule has 9 nitrogen and oxygen atoms in total. The molecule has 1 aromatic heterocycles. The zero-order valence-electron chi connectivity index (χ0n) is 22.4. The highest BCUT2D eigenvalue weighted by Gasteiger charge is 2.57. The maximum absolute atomic E-state index is 14.1. The molecule has 0 saturated carbocycles. The Kier molecular flexibility index (Phi) is 7.69. The average molecular weight is 667 g/mol. The highest BCUT2D eigenvalue weighted by atomic mass is 79.9. The van der Waals surface area contributed by atoms with Crippen LogP contribution in [0.15, 0.2) is 87.1 Å². The minimum Gasteiger partial charge on any atom is -0.493 e. The average Bonchev–Trinajstić information content (AvgIpc) is 3.44. The van der Waals surface area contributed by atoms with E-state index in [1.54, 1.807) is 60.7 Å². The number of halogens is 1. The number of fused-ring (bicyclic) bond motifs is 2. The Morgan fingerprint density at radius 3 is 2.33 bits per heavy atom. The molecule has 1 fully saturated rings. The molecule has 4 aromatic rings. The minimum absolute atomic E-state index is 0.235. The van der Waals surface area contributed by atoms with Crippen molar-refractivity contribution in [1.82, 2.24) is 4.57 Å². The van der Waals surface area contributed by atoms with Crippen LogP contribution in [-0.4, -0.2) is 41.8 Å². The highest BCUT2D eigenvalue weighted by molar-refractivity contribution is 9.10. The van der Waals surface area contributed by atoms with Crippen LogP contribution in [0.3, 0.4) is 0 Å². The van der Waals surface area contributed by atoms with E-state index in [9.17, 15) is 19.2 Å². The molecule has 0 aliphatic carbocycles. The summed E-state index contributed by atoms with van der Waals surface area (Å²) in [5.74, 6) is -1.52. The van der Waals surface area contributed by atoms with Crippen molar-refractivity contribution in [3.8, 4) is 11.5 Å². The summed E-state index contributed by atoms with van der Waals surface area (Å²) < 4.78 is 13.2. The van der Waals surface area contributed by atoms with Gasteiger partial charge in [-0.15, -0.1) is 0 Å². The SMILES string of the molecule is COc1ccc(C2c3sc(=O)n(CC(=O)Nc4ccccc4)c3SC3C(=O)N(c4ccc(Br)cc4)C(=O)C32)cc1OC. The molecular formula is C30H24BrN3O6S2. The summed E-state index contributed by atoms with van der Waals surface area (Å²) in [6, 6.07) is 21.3. The number of imide groups is 1. The van der Waals surface area contributed by atoms with E-state index in [1.807, 2.05) is 12.1 Å². The Morgan fingerprint density at radius 1 is 0.929 bits per heavy atom. The van der Waals surface area contributed by atoms with Crippen LogP contribution in [0.1, 0.15) is 16.4 Å². The number of carbonyl (C=O) groups excluding carboxylic acids is 3. The molecule has 3 unspecified atom stereocenters. The molecule has 214 valence electrons. The lowest BCUT2D eigenvalue weighted by atomic mass is 9.83. The number of ether oxygens (including phenoxy) is 2. The predicted molar refractivity (Wildman–Crippen MR) is 165 cm³/mol. The van der Waals surface area contributed by atoms with E-state index in [1.165, 1.54) is 35.4 Å². The van der Waals surface area contributed by atoms with Crippen molar-refractivity contribution >= 4 is 68.1 Å². The van der Waals surface area contributed by atoms with Gasteiger partial charge in [-0.3, -0.25) is 23.7 Å². The number of thioether (sulfide) groups is 1. The summed E-state index contributed by atoms with van der Waals surface area (Å²) in [5.41, 5.74) is 1.78. The Morgan fingerprint density at radius 2 is 1.64 bits per heavy atom. The summed E-state index contributed by atoms with van der Waals surface area (Å²) in [7, 11) is 3.05. The largest absolute Gasteiger partial charge is 0.493 e. The Hall–Kier alpha value is -3.87. The lowest BCUT2D eigenvalue weighted by Gasteiger charge is -2.31. The molecule has 3 aromatic carbocycles. The number of para-hydroxylation sites is 1. The molecule has 3 atom stereocenters. The Bertz CT molecular complexity index is 1760. The number of amides is 3. The fourth-order valence-electron chi connectivity index (χ4n) is 5.37. The second kappa shape index (κ2) is 11.4. The third-order valence-corrected chi connectivity index (χ3v) is 10.4. The van der Waals surface area contributed by atoms with Crippen molar-refractivity contribution in [2.45, 2.75) is 22.7 Å². The molecular weight excluding hydrogens is 642 g/mol. The number of benzene rings is 3. The van der Waals surface area contributed by atoms with E-state index in [-0.39, 0.29) is 29.1 Å². The summed E-state index contributed by atoms with van der Waals surface area (Å²) in [5, 5.41) is 2.52. The Labute approximate surface area is 257 Å². The van der Waals surface area contributed by atoms with Crippen LogP contribution in [0.5, 0.6) is 11.5 Å². The number of methoxy groups -OCH3 is 2. The quantitative estimate of drug-likeness (QED) is 0.273. The number of rotatable bonds is 7. The lowest BCUT2D eigenvalue weighted by Crippen LogP contribution is -2.33. The van der Waals surface area contributed by atoms with E-state index in [0.717, 1.165) is 15.8 Å². The number of nitrogens with zero attached hydrogens (tertiary/aromatic N) is 2. The summed E-state index contributed by atoms with van der Waals surface area (Å²) >= 11 is 5.56. The number of thiazole rings is 1. The van der Waals surface area contributed by atoms with Gasteiger partial charge in [0.1, 0.15) is 11.8 Å². The summed E-state index contributed by atoms with van der Waals surface area (Å²) in [6.45, 7) is -0.235. The molecule has 0 radical (unpaired) electrons. The number of aromatic nitrogens is 1. The number of carbonyl (C=O) groups is 3. The van der Waals surface area contributed by atoms with Crippen molar-refractivity contribution in [1.29, 1.82) is 0 Å². The normalized spacial score (nSPS) is 19.3. The predicted octanol–water partition coefficient (Wildman–Crippen LogP) is 5.12. The van der Waals surface area contributed by atoms with Crippen molar-refractivity contribution in [2.75, 3.05) is 24.4 Å². The van der Waals surface area contributed by atoms with Gasteiger partial charge in [-0.05, 0) is 54.1 Å². The molecule has 0 bridgehead atoms. The molecule has 3 heterocycles. The zero-order valence-corrected chi connectivity index (χ0v) is 25.6. The molecule has 12 heteroatoms. The monoisotopic (exact) mass is 665 g/mol. The van der Waals surface area contributed by atoms with Crippen LogP contribution in [0.25, 0.3) is 0 Å². The van der Waals surface area contributed by atoms with Crippen LogP contribution >= 0.6 is 39.0 Å². The molecule has 1 N–H and O–H groups in total. The smallest absolute Gasteiger partial charge is 0.308 e. The number of nitrogens with one attached hydrogen (secondary N) is 1. The summed E-state index contributed by atoms with van der Waals surface area (Å²) in [6.07, 6.45) is 0. The van der Waals surface area contributed by atoms with Crippen LogP contribution < -0.4 is 24.6 Å². The minimum atomic E-state index is -0.802. The van der Waals surface area contributed by atoms with Crippen molar-refractivity contribution in [2.24, 2.45) is 5.92 Å². The third kappa shape index (κ3) is 4.93. The standard InChI is InChI=1S/C30H24BrN3O6S2/c1-39-20-13-8-16(14-21(20)40-2)23-24-25(28(37)34(27(24)36)19-11-9-17(31)10-12-19)41-29-26(23)42-30(38)33(29)15-22(35)32-18-6-4-3-5-7-18/h3-14,23-25H,15H2,1-2H3,(H,32,35). The van der Waals surface area contributed by atoms with Crippen LogP contribution in [0.2, 0.25) is 0 Å². The van der Waals surface area contributed by atoms with Gasteiger partial charge in [0.2, 0.25) is 17.7 Å². The maximum atomic E-state index is 14.1. The molecule has 2 aliphatic rings. The number of hydrogen-bond acceptors (Lipinski definition) is 8. The van der Waals surface area contributed by atoms with Gasteiger partial charge in [0, 0.05) is 21.0 Å². The number of anilines is 2. The van der Waals surface area contributed by atoms with E-state index >= 15 is 0 Å². The first-order valence-corrected chi connectivity index (χ1v) is 15.4. The maximum Gasteiger partial charge on any atom is 0.308 e. The molecule has 0 spiro atoms. The lowest BCUT2D eigenvalue weighted by molar-refractivity contribution is -0.122. The first-order chi connectivity index (χ1) is 20.3. The van der Waals surface area contributed by atoms with E-state index in [0.29, 0.717) is 38.3 Å². The zero-order chi connectivity index (χ0) is 29.5. The van der Waals surface area contributed by atoms with Gasteiger partial charge in [-0.25, -0.2) is 4.90 Å². The molecule has 1 saturated heterocycles. The van der Waals surface area contributed by atoms with Crippen LogP contribution in [0, 0.1) is 5.92 Å². The van der Waals surface area contributed by atoms with E-state index in [4.69, 9.17) is 9.47 Å². The van der Waals surface area contributed by atoms with Crippen molar-refractivity contribution < 1.29 is 23.9 Å². The van der Waals surface area contributed by atoms with Crippen molar-refractivity contribution in [3.63, 3.8) is 0 Å². The van der Waals surface area contributed by atoms with Crippen LogP contribution in [0.4, 0.5) is 11.4 Å². The highest BCUT2D eigenvalue weighted by Crippen LogP contribution is 2.54. The van der Waals surface area contributed by atoms with Gasteiger partial charge in [0.05, 0.1) is 30.9 Å². The van der Waals surface area contributed by atoms with Crippen molar-refractivity contribution in [3.05, 3.63) is 97.4 Å². The van der Waals surface area contributed by atoms with Gasteiger partial charge < -0.3 is 14.8 Å². The molecule has 2 aliphatic heterocycles. The Balaban J connectivity index is 1.45. The van der Waals surface area contributed by atoms with Gasteiger partial charge in [0.25, 0.3) is 0 Å². The molecule has 6 rings (SSSR count). The van der Waals surface area contributed by atoms with Gasteiger partial charge in [-0.2, -0.15) is 0 Å². The fraction of sp³-hybridized carbons (Fsp3) is 0.200. The first-order valence-electron chi connectivity index (χ1n) is 12.9. The van der Waals surface area contributed by atoms with Crippen LogP contribution in [-0.2, 0) is 20.9 Å². The third-order valence-electron chi connectivity index (χ3n) is 7.26. The van der Waals surface area contributed by atoms with E-state index < -0.39 is 17.1 Å². The topological polar surface area (TPSA) is 107 Å². The fourth-order valence-corrected chi connectivity index (χ4v) is 8.41.